The van der Waals surface area contributed by atoms with Gasteiger partial charge in [0.15, 0.2) is 0 Å². The maximum Gasteiger partial charge on any atom is 0.131 e. The number of hydrogen-bond acceptors (Lipinski definition) is 6. The molecule has 1 unspecified atom stereocenters. The highest BCUT2D eigenvalue weighted by Crippen LogP contribution is 2.38. The Kier molecular flexibility index (Phi) is 3.46. The van der Waals surface area contributed by atoms with Crippen molar-refractivity contribution in [2.45, 2.75) is 12.2 Å². The Hall–Kier alpha value is -1.37. The zero-order valence-corrected chi connectivity index (χ0v) is 11.1. The van der Waals surface area contributed by atoms with E-state index in [1.165, 1.54) is 11.3 Å². The van der Waals surface area contributed by atoms with Crippen LogP contribution in [0, 0.1) is 22.7 Å². The van der Waals surface area contributed by atoms with Gasteiger partial charge in [0, 0.05) is 24.1 Å². The highest BCUT2D eigenvalue weighted by atomic mass is 32.2. The second-order valence-electron chi connectivity index (χ2n) is 3.88. The Balaban J connectivity index is 2.39. The highest BCUT2D eigenvalue weighted by molar-refractivity contribution is 8.00. The van der Waals surface area contributed by atoms with Gasteiger partial charge in [-0.3, -0.25) is 0 Å². The molecule has 0 spiro atoms. The first-order valence-corrected chi connectivity index (χ1v) is 7.13. The van der Waals surface area contributed by atoms with Crippen LogP contribution < -0.4 is 10.6 Å². The summed E-state index contributed by atoms with van der Waals surface area (Å²) in [4.78, 5) is 2.61. The summed E-state index contributed by atoms with van der Waals surface area (Å²) in [5.74, 6) is 1.05. The number of nitrogens with two attached hydrogens (primary N) is 1. The lowest BCUT2D eigenvalue weighted by atomic mass is 10.2. The normalized spacial score (nSPS) is 19.7. The van der Waals surface area contributed by atoms with Crippen molar-refractivity contribution in [3.63, 3.8) is 0 Å². The average Bonchev–Trinajstić information content (AvgIpc) is 2.65. The van der Waals surface area contributed by atoms with Crippen LogP contribution in [0.1, 0.15) is 17.4 Å². The molecule has 1 atom stereocenters. The maximum atomic E-state index is 9.14. The SMILES string of the molecule is CC1CN(c2sc(C#N)c(N)c2C#N)CCS1. The average molecular weight is 264 g/mol. The summed E-state index contributed by atoms with van der Waals surface area (Å²) in [6.45, 7) is 3.99. The Morgan fingerprint density at radius 3 is 2.76 bits per heavy atom. The molecular formula is C11H12N4S2. The smallest absolute Gasteiger partial charge is 0.131 e. The minimum Gasteiger partial charge on any atom is -0.396 e. The van der Waals surface area contributed by atoms with Gasteiger partial charge in [0.25, 0.3) is 0 Å². The lowest BCUT2D eigenvalue weighted by Crippen LogP contribution is -2.36. The number of thioether (sulfide) groups is 1. The molecule has 1 aliphatic rings. The number of hydrogen-bond donors (Lipinski definition) is 1. The molecule has 4 nitrogen and oxygen atoms in total. The number of thiophene rings is 1. The van der Waals surface area contributed by atoms with Crippen molar-refractivity contribution in [2.24, 2.45) is 0 Å². The van der Waals surface area contributed by atoms with Gasteiger partial charge in [0.1, 0.15) is 27.6 Å². The number of nitrogens with zero attached hydrogens (tertiary/aromatic N) is 3. The first-order chi connectivity index (χ1) is 8.17. The molecular weight excluding hydrogens is 252 g/mol. The minimum absolute atomic E-state index is 0.334. The largest absolute Gasteiger partial charge is 0.396 e. The van der Waals surface area contributed by atoms with Gasteiger partial charge >= 0.3 is 0 Å². The molecule has 2 heterocycles. The number of nitriles is 2. The second kappa shape index (κ2) is 4.87. The summed E-state index contributed by atoms with van der Waals surface area (Å²) in [7, 11) is 0. The van der Waals surface area contributed by atoms with Gasteiger partial charge in [0.2, 0.25) is 0 Å². The number of rotatable bonds is 1. The minimum atomic E-state index is 0.334. The number of anilines is 2. The van der Waals surface area contributed by atoms with Crippen LogP contribution in [0.5, 0.6) is 0 Å². The van der Waals surface area contributed by atoms with Crippen molar-refractivity contribution < 1.29 is 0 Å². The summed E-state index contributed by atoms with van der Waals surface area (Å²) >= 11 is 3.26. The van der Waals surface area contributed by atoms with Crippen LogP contribution in [0.25, 0.3) is 0 Å². The predicted octanol–water partition coefficient (Wildman–Crippen LogP) is 2.02. The van der Waals surface area contributed by atoms with E-state index in [2.05, 4.69) is 24.0 Å². The molecule has 1 aromatic heterocycles. The van der Waals surface area contributed by atoms with E-state index < -0.39 is 0 Å². The first kappa shape index (κ1) is 12.1. The van der Waals surface area contributed by atoms with E-state index in [-0.39, 0.29) is 0 Å². The van der Waals surface area contributed by atoms with Gasteiger partial charge < -0.3 is 10.6 Å². The van der Waals surface area contributed by atoms with Gasteiger partial charge in [0.05, 0.1) is 5.69 Å². The fourth-order valence-electron chi connectivity index (χ4n) is 1.85. The second-order valence-corrected chi connectivity index (χ2v) is 6.42. The van der Waals surface area contributed by atoms with Gasteiger partial charge in [-0.15, -0.1) is 11.3 Å². The van der Waals surface area contributed by atoms with Crippen molar-refractivity contribution in [2.75, 3.05) is 29.5 Å². The summed E-state index contributed by atoms with van der Waals surface area (Å²) in [6.07, 6.45) is 0. The first-order valence-electron chi connectivity index (χ1n) is 5.26. The zero-order chi connectivity index (χ0) is 12.4. The zero-order valence-electron chi connectivity index (χ0n) is 9.43. The van der Waals surface area contributed by atoms with Crippen LogP contribution in [0.2, 0.25) is 0 Å². The molecule has 0 aliphatic carbocycles. The quantitative estimate of drug-likeness (QED) is 0.839. The van der Waals surface area contributed by atoms with Crippen molar-refractivity contribution in [3.05, 3.63) is 10.4 Å². The molecule has 1 saturated heterocycles. The predicted molar refractivity (Wildman–Crippen MR) is 72.3 cm³/mol. The maximum absolute atomic E-state index is 9.14. The van der Waals surface area contributed by atoms with Crippen molar-refractivity contribution in [1.29, 1.82) is 10.5 Å². The fourth-order valence-corrected chi connectivity index (χ4v) is 3.87. The van der Waals surface area contributed by atoms with Crippen LogP contribution >= 0.6 is 23.1 Å². The van der Waals surface area contributed by atoms with Gasteiger partial charge in [-0.1, -0.05) is 6.92 Å². The standard InChI is InChI=1S/C11H12N4S2/c1-7-6-15(2-3-16-7)11-8(4-12)10(14)9(5-13)17-11/h7H,2-3,6,14H2,1H3. The molecule has 1 fully saturated rings. The van der Waals surface area contributed by atoms with E-state index in [4.69, 9.17) is 16.3 Å². The van der Waals surface area contributed by atoms with E-state index in [0.29, 0.717) is 21.4 Å². The Labute approximate surface area is 109 Å². The summed E-state index contributed by atoms with van der Waals surface area (Å²) < 4.78 is 0. The van der Waals surface area contributed by atoms with Gasteiger partial charge in [-0.25, -0.2) is 0 Å². The van der Waals surface area contributed by atoms with Gasteiger partial charge in [-0.05, 0) is 0 Å². The molecule has 0 amide bonds. The van der Waals surface area contributed by atoms with Crippen LogP contribution in [0.4, 0.5) is 10.7 Å². The van der Waals surface area contributed by atoms with Crippen molar-refractivity contribution >= 4 is 33.8 Å². The molecule has 2 N–H and O–H groups in total. The Morgan fingerprint density at radius 1 is 1.41 bits per heavy atom. The van der Waals surface area contributed by atoms with Crippen LogP contribution in [0.15, 0.2) is 0 Å². The lowest BCUT2D eigenvalue weighted by molar-refractivity contribution is 0.789. The molecule has 0 radical (unpaired) electrons. The van der Waals surface area contributed by atoms with Crippen molar-refractivity contribution in [1.82, 2.24) is 0 Å². The topological polar surface area (TPSA) is 76.8 Å². The third-order valence-electron chi connectivity index (χ3n) is 2.67. The highest BCUT2D eigenvalue weighted by Gasteiger charge is 2.24. The van der Waals surface area contributed by atoms with Crippen LogP contribution in [0.3, 0.4) is 0 Å². The third kappa shape index (κ3) is 2.19. The number of nitrogen functional groups attached to an aromatic ring is 1. The van der Waals surface area contributed by atoms with Crippen LogP contribution in [-0.2, 0) is 0 Å². The molecule has 88 valence electrons. The van der Waals surface area contributed by atoms with Crippen LogP contribution in [-0.4, -0.2) is 24.1 Å². The molecule has 6 heteroatoms. The molecule has 17 heavy (non-hydrogen) atoms. The van der Waals surface area contributed by atoms with E-state index in [1.54, 1.807) is 0 Å². The molecule has 0 aromatic carbocycles. The fraction of sp³-hybridized carbons (Fsp3) is 0.455. The third-order valence-corrected chi connectivity index (χ3v) is 4.98. The Bertz CT molecular complexity index is 509. The summed E-state index contributed by atoms with van der Waals surface area (Å²) in [5.41, 5.74) is 6.60. The molecule has 0 bridgehead atoms. The molecule has 1 aliphatic heterocycles. The van der Waals surface area contributed by atoms with E-state index in [1.807, 2.05) is 11.8 Å². The van der Waals surface area contributed by atoms with E-state index >= 15 is 0 Å². The van der Waals surface area contributed by atoms with Crippen molar-refractivity contribution in [3.8, 4) is 12.1 Å². The lowest BCUT2D eigenvalue weighted by Gasteiger charge is -2.31. The van der Waals surface area contributed by atoms with E-state index in [9.17, 15) is 0 Å². The summed E-state index contributed by atoms with van der Waals surface area (Å²) in [6, 6.07) is 4.17. The Morgan fingerprint density at radius 2 is 2.18 bits per heavy atom. The monoisotopic (exact) mass is 264 g/mol. The molecule has 0 saturated carbocycles. The summed E-state index contributed by atoms with van der Waals surface area (Å²) in [5, 5.41) is 19.5. The molecule has 1 aromatic rings. The molecule has 2 rings (SSSR count). The van der Waals surface area contributed by atoms with E-state index in [0.717, 1.165) is 23.8 Å². The van der Waals surface area contributed by atoms with Gasteiger partial charge in [-0.2, -0.15) is 22.3 Å².